The Kier molecular flexibility index (Phi) is 5.44. The van der Waals surface area contributed by atoms with Gasteiger partial charge in [-0.25, -0.2) is 14.4 Å². The predicted molar refractivity (Wildman–Crippen MR) is 85.1 cm³/mol. The van der Waals surface area contributed by atoms with Crippen molar-refractivity contribution in [3.63, 3.8) is 0 Å². The van der Waals surface area contributed by atoms with Crippen molar-refractivity contribution in [3.05, 3.63) is 42.1 Å². The van der Waals surface area contributed by atoms with Crippen LogP contribution in [-0.2, 0) is 0 Å². The quantitative estimate of drug-likeness (QED) is 0.889. The highest BCUT2D eigenvalue weighted by Crippen LogP contribution is 2.25. The average molecular weight is 303 g/mol. The number of aryl methyl sites for hydroxylation is 1. The van der Waals surface area contributed by atoms with Gasteiger partial charge in [0.05, 0.1) is 12.3 Å². The van der Waals surface area contributed by atoms with Crippen LogP contribution in [0.25, 0.3) is 11.3 Å². The molecule has 0 amide bonds. The number of rotatable bonds is 6. The summed E-state index contributed by atoms with van der Waals surface area (Å²) < 4.78 is 19.7. The third kappa shape index (κ3) is 4.49. The highest BCUT2D eigenvalue weighted by molar-refractivity contribution is 5.60. The van der Waals surface area contributed by atoms with Gasteiger partial charge < -0.3 is 10.5 Å². The van der Waals surface area contributed by atoms with Crippen molar-refractivity contribution in [1.82, 2.24) is 9.97 Å². The molecule has 0 fully saturated rings. The number of nitrogens with two attached hydrogens (primary N) is 1. The first kappa shape index (κ1) is 16.4. The molecule has 0 bridgehead atoms. The molecule has 0 aliphatic heterocycles. The lowest BCUT2D eigenvalue weighted by Gasteiger charge is -2.15. The minimum Gasteiger partial charge on any atom is -0.490 e. The molecule has 0 saturated heterocycles. The van der Waals surface area contributed by atoms with Gasteiger partial charge in [0.1, 0.15) is 5.82 Å². The summed E-state index contributed by atoms with van der Waals surface area (Å²) in [7, 11) is 0. The Bertz CT molecular complexity index is 631. The molecule has 0 aliphatic rings. The number of nitrogens with zero attached hydrogens (tertiary/aromatic N) is 2. The largest absolute Gasteiger partial charge is 0.490 e. The van der Waals surface area contributed by atoms with E-state index in [2.05, 4.69) is 9.97 Å². The molecule has 118 valence electrons. The standard InChI is InChI=1S/C17H22FN3O/c1-11(8-12(2)19)10-22-17-5-4-14(9-15(17)18)16-6-7-20-13(3)21-16/h4-7,9,11-12H,8,10,19H2,1-3H3. The Morgan fingerprint density at radius 2 is 2.05 bits per heavy atom. The molecule has 2 rings (SSSR count). The third-order valence-electron chi connectivity index (χ3n) is 3.30. The van der Waals surface area contributed by atoms with E-state index in [4.69, 9.17) is 10.5 Å². The van der Waals surface area contributed by atoms with Crippen molar-refractivity contribution in [2.75, 3.05) is 6.61 Å². The summed E-state index contributed by atoms with van der Waals surface area (Å²) in [6.45, 7) is 6.25. The molecule has 2 aromatic rings. The molecule has 2 atom stereocenters. The summed E-state index contributed by atoms with van der Waals surface area (Å²) in [5.41, 5.74) is 7.15. The van der Waals surface area contributed by atoms with Gasteiger partial charge in [-0.15, -0.1) is 0 Å². The highest BCUT2D eigenvalue weighted by atomic mass is 19.1. The normalized spacial score (nSPS) is 13.7. The molecule has 1 aromatic carbocycles. The van der Waals surface area contributed by atoms with E-state index in [0.717, 1.165) is 6.42 Å². The van der Waals surface area contributed by atoms with Gasteiger partial charge >= 0.3 is 0 Å². The smallest absolute Gasteiger partial charge is 0.165 e. The van der Waals surface area contributed by atoms with E-state index in [0.29, 0.717) is 23.7 Å². The Balaban J connectivity index is 2.07. The molecule has 5 heteroatoms. The lowest BCUT2D eigenvalue weighted by Crippen LogP contribution is -2.21. The molecule has 0 saturated carbocycles. The zero-order valence-electron chi connectivity index (χ0n) is 13.2. The Morgan fingerprint density at radius 1 is 1.27 bits per heavy atom. The minimum atomic E-state index is -0.387. The molecule has 22 heavy (non-hydrogen) atoms. The van der Waals surface area contributed by atoms with Crippen LogP contribution in [0.2, 0.25) is 0 Å². The highest BCUT2D eigenvalue weighted by Gasteiger charge is 2.10. The number of hydrogen-bond donors (Lipinski definition) is 1. The Hall–Kier alpha value is -2.01. The Morgan fingerprint density at radius 3 is 2.68 bits per heavy atom. The van der Waals surface area contributed by atoms with Gasteiger partial charge in [0, 0.05) is 17.8 Å². The molecule has 1 heterocycles. The fraction of sp³-hybridized carbons (Fsp3) is 0.412. The van der Waals surface area contributed by atoms with E-state index in [1.165, 1.54) is 6.07 Å². The number of ether oxygens (including phenoxy) is 1. The molecule has 4 nitrogen and oxygen atoms in total. The van der Waals surface area contributed by atoms with Gasteiger partial charge in [0.15, 0.2) is 11.6 Å². The molecule has 0 aliphatic carbocycles. The maximum Gasteiger partial charge on any atom is 0.165 e. The van der Waals surface area contributed by atoms with Crippen LogP contribution in [-0.4, -0.2) is 22.6 Å². The predicted octanol–water partition coefficient (Wildman–Crippen LogP) is 3.34. The number of halogens is 1. The van der Waals surface area contributed by atoms with Crippen LogP contribution in [0, 0.1) is 18.7 Å². The van der Waals surface area contributed by atoms with Crippen LogP contribution in [0.4, 0.5) is 4.39 Å². The van der Waals surface area contributed by atoms with Crippen molar-refractivity contribution in [1.29, 1.82) is 0 Å². The van der Waals surface area contributed by atoms with Gasteiger partial charge in [-0.1, -0.05) is 6.92 Å². The van der Waals surface area contributed by atoms with E-state index in [1.54, 1.807) is 31.3 Å². The van der Waals surface area contributed by atoms with Crippen LogP contribution in [0.1, 0.15) is 26.1 Å². The van der Waals surface area contributed by atoms with Gasteiger partial charge in [0.2, 0.25) is 0 Å². The van der Waals surface area contributed by atoms with Gasteiger partial charge in [-0.05, 0) is 50.5 Å². The van der Waals surface area contributed by atoms with E-state index in [9.17, 15) is 4.39 Å². The minimum absolute atomic E-state index is 0.117. The van der Waals surface area contributed by atoms with E-state index < -0.39 is 0 Å². The molecule has 0 spiro atoms. The Labute approximate surface area is 130 Å². The van der Waals surface area contributed by atoms with Crippen LogP contribution in [0.3, 0.4) is 0 Å². The van der Waals surface area contributed by atoms with Crippen LogP contribution >= 0.6 is 0 Å². The first-order valence-corrected chi connectivity index (χ1v) is 7.43. The van der Waals surface area contributed by atoms with Gasteiger partial charge in [0.25, 0.3) is 0 Å². The first-order valence-electron chi connectivity index (χ1n) is 7.43. The van der Waals surface area contributed by atoms with Crippen molar-refractivity contribution in [2.24, 2.45) is 11.7 Å². The van der Waals surface area contributed by atoms with Crippen molar-refractivity contribution in [3.8, 4) is 17.0 Å². The number of benzene rings is 1. The molecule has 0 radical (unpaired) electrons. The summed E-state index contributed by atoms with van der Waals surface area (Å²) in [6, 6.07) is 6.75. The average Bonchev–Trinajstić information content (AvgIpc) is 2.45. The second-order valence-electron chi connectivity index (χ2n) is 5.76. The zero-order valence-corrected chi connectivity index (χ0v) is 13.2. The third-order valence-corrected chi connectivity index (χ3v) is 3.30. The number of hydrogen-bond acceptors (Lipinski definition) is 4. The fourth-order valence-electron chi connectivity index (χ4n) is 2.33. The first-order chi connectivity index (χ1) is 10.5. The summed E-state index contributed by atoms with van der Waals surface area (Å²) in [4.78, 5) is 8.33. The van der Waals surface area contributed by atoms with Gasteiger partial charge in [-0.2, -0.15) is 0 Å². The van der Waals surface area contributed by atoms with Gasteiger partial charge in [-0.3, -0.25) is 0 Å². The second kappa shape index (κ2) is 7.31. The van der Waals surface area contributed by atoms with Crippen molar-refractivity contribution < 1.29 is 9.13 Å². The summed E-state index contributed by atoms with van der Waals surface area (Å²) >= 11 is 0. The maximum absolute atomic E-state index is 14.2. The van der Waals surface area contributed by atoms with Crippen molar-refractivity contribution >= 4 is 0 Å². The monoisotopic (exact) mass is 303 g/mol. The molecule has 2 N–H and O–H groups in total. The van der Waals surface area contributed by atoms with Crippen LogP contribution in [0.15, 0.2) is 30.5 Å². The molecular formula is C17H22FN3O. The summed E-state index contributed by atoms with van der Waals surface area (Å²) in [5.74, 6) is 0.805. The van der Waals surface area contributed by atoms with E-state index in [1.807, 2.05) is 13.8 Å². The second-order valence-corrected chi connectivity index (χ2v) is 5.76. The maximum atomic E-state index is 14.2. The molecule has 2 unspecified atom stereocenters. The van der Waals surface area contributed by atoms with Crippen LogP contribution < -0.4 is 10.5 Å². The summed E-state index contributed by atoms with van der Waals surface area (Å²) in [6.07, 6.45) is 2.51. The van der Waals surface area contributed by atoms with E-state index >= 15 is 0 Å². The molecule has 1 aromatic heterocycles. The van der Waals surface area contributed by atoms with Crippen LogP contribution in [0.5, 0.6) is 5.75 Å². The fourth-order valence-corrected chi connectivity index (χ4v) is 2.33. The van der Waals surface area contributed by atoms with Crippen molar-refractivity contribution in [2.45, 2.75) is 33.2 Å². The SMILES string of the molecule is Cc1nccc(-c2ccc(OCC(C)CC(C)N)c(F)c2)n1. The molecular weight excluding hydrogens is 281 g/mol. The lowest BCUT2D eigenvalue weighted by atomic mass is 10.0. The topological polar surface area (TPSA) is 61.0 Å². The van der Waals surface area contributed by atoms with E-state index in [-0.39, 0.29) is 23.5 Å². The zero-order chi connectivity index (χ0) is 16.1. The summed E-state index contributed by atoms with van der Waals surface area (Å²) in [5, 5.41) is 0. The lowest BCUT2D eigenvalue weighted by molar-refractivity contribution is 0.237. The number of aromatic nitrogens is 2.